The first kappa shape index (κ1) is 17.7. The number of Topliss-reactive ketones (excluding diaryl/α,β-unsaturated/α-hetero) is 1. The van der Waals surface area contributed by atoms with E-state index in [0.29, 0.717) is 24.5 Å². The van der Waals surface area contributed by atoms with E-state index in [9.17, 15) is 14.7 Å². The number of ether oxygens (including phenoxy) is 1. The molecule has 0 fully saturated rings. The van der Waals surface area contributed by atoms with Gasteiger partial charge in [-0.25, -0.2) is 0 Å². The summed E-state index contributed by atoms with van der Waals surface area (Å²) in [6.45, 7) is 2.83. The van der Waals surface area contributed by atoms with Crippen LogP contribution >= 0.6 is 0 Å². The maximum atomic E-state index is 12.3. The van der Waals surface area contributed by atoms with Gasteiger partial charge >= 0.3 is 5.97 Å². The van der Waals surface area contributed by atoms with Gasteiger partial charge in [-0.3, -0.25) is 14.9 Å². The number of carbonyl (C=O) groups excluding carboxylic acids is 1. The number of benzene rings is 2. The van der Waals surface area contributed by atoms with Crippen molar-refractivity contribution >= 4 is 11.8 Å². The van der Waals surface area contributed by atoms with Gasteiger partial charge in [0.05, 0.1) is 6.61 Å². The Bertz CT molecular complexity index is 668. The van der Waals surface area contributed by atoms with E-state index in [4.69, 9.17) is 4.74 Å². The topological polar surface area (TPSA) is 75.6 Å². The standard InChI is InChI=1S/C19H21NO4/c1-2-24-16-10-8-15(9-11-16)18(21)12-17(19(22)23)20-13-14-6-4-3-5-7-14/h3-11,17,20H,2,12-13H2,1H3,(H,22,23). The quantitative estimate of drug-likeness (QED) is 0.693. The van der Waals surface area contributed by atoms with Crippen molar-refractivity contribution in [2.75, 3.05) is 6.61 Å². The van der Waals surface area contributed by atoms with Crippen molar-refractivity contribution in [2.24, 2.45) is 0 Å². The van der Waals surface area contributed by atoms with E-state index < -0.39 is 12.0 Å². The summed E-state index contributed by atoms with van der Waals surface area (Å²) in [6.07, 6.45) is -0.101. The molecule has 0 spiro atoms. The molecule has 0 aliphatic rings. The first-order chi connectivity index (χ1) is 11.6. The normalized spacial score (nSPS) is 11.7. The maximum absolute atomic E-state index is 12.3. The monoisotopic (exact) mass is 327 g/mol. The number of ketones is 1. The fourth-order valence-electron chi connectivity index (χ4n) is 2.29. The number of carboxylic acids is 1. The molecule has 0 radical (unpaired) electrons. The average molecular weight is 327 g/mol. The van der Waals surface area contributed by atoms with Crippen LogP contribution in [0.3, 0.4) is 0 Å². The summed E-state index contributed by atoms with van der Waals surface area (Å²) in [7, 11) is 0. The Morgan fingerprint density at radius 3 is 2.33 bits per heavy atom. The van der Waals surface area contributed by atoms with Crippen LogP contribution in [-0.4, -0.2) is 29.5 Å². The summed E-state index contributed by atoms with van der Waals surface area (Å²) >= 11 is 0. The second kappa shape index (κ2) is 8.84. The van der Waals surface area contributed by atoms with Gasteiger partial charge in [0.15, 0.2) is 5.78 Å². The van der Waals surface area contributed by atoms with Gasteiger partial charge in [-0.15, -0.1) is 0 Å². The molecule has 0 saturated heterocycles. The second-order valence-electron chi connectivity index (χ2n) is 5.34. The minimum Gasteiger partial charge on any atom is -0.494 e. The number of carboxylic acid groups (broad SMARTS) is 1. The Kier molecular flexibility index (Phi) is 6.51. The summed E-state index contributed by atoms with van der Waals surface area (Å²) in [5, 5.41) is 12.2. The van der Waals surface area contributed by atoms with E-state index in [1.165, 1.54) is 0 Å². The third kappa shape index (κ3) is 5.21. The van der Waals surface area contributed by atoms with Crippen LogP contribution in [0.15, 0.2) is 54.6 Å². The third-order valence-electron chi connectivity index (χ3n) is 3.57. The highest BCUT2D eigenvalue weighted by Crippen LogP contribution is 2.14. The second-order valence-corrected chi connectivity index (χ2v) is 5.34. The lowest BCUT2D eigenvalue weighted by atomic mass is 10.0. The SMILES string of the molecule is CCOc1ccc(C(=O)CC(NCc2ccccc2)C(=O)O)cc1. The number of hydrogen-bond donors (Lipinski definition) is 2. The molecule has 5 nitrogen and oxygen atoms in total. The lowest BCUT2D eigenvalue weighted by molar-refractivity contribution is -0.139. The van der Waals surface area contributed by atoms with Crippen molar-refractivity contribution in [1.82, 2.24) is 5.32 Å². The molecule has 2 aromatic rings. The van der Waals surface area contributed by atoms with Crippen molar-refractivity contribution in [3.8, 4) is 5.75 Å². The van der Waals surface area contributed by atoms with Crippen LogP contribution in [0.4, 0.5) is 0 Å². The van der Waals surface area contributed by atoms with Crippen LogP contribution in [0.25, 0.3) is 0 Å². The highest BCUT2D eigenvalue weighted by atomic mass is 16.5. The van der Waals surface area contributed by atoms with Crippen molar-refractivity contribution < 1.29 is 19.4 Å². The Morgan fingerprint density at radius 2 is 1.75 bits per heavy atom. The van der Waals surface area contributed by atoms with Gasteiger partial charge < -0.3 is 9.84 Å². The van der Waals surface area contributed by atoms with Gasteiger partial charge in [0.2, 0.25) is 0 Å². The molecule has 1 unspecified atom stereocenters. The van der Waals surface area contributed by atoms with Crippen molar-refractivity contribution in [1.29, 1.82) is 0 Å². The Hall–Kier alpha value is -2.66. The molecule has 0 aliphatic carbocycles. The molecule has 1 atom stereocenters. The molecule has 5 heteroatoms. The Morgan fingerprint density at radius 1 is 1.08 bits per heavy atom. The van der Waals surface area contributed by atoms with E-state index in [1.807, 2.05) is 37.3 Å². The van der Waals surface area contributed by atoms with Crippen LogP contribution < -0.4 is 10.1 Å². The fraction of sp³-hybridized carbons (Fsp3) is 0.263. The smallest absolute Gasteiger partial charge is 0.321 e. The molecule has 0 bridgehead atoms. The zero-order valence-corrected chi connectivity index (χ0v) is 13.6. The Balaban J connectivity index is 1.96. The van der Waals surface area contributed by atoms with E-state index in [-0.39, 0.29) is 12.2 Å². The van der Waals surface area contributed by atoms with Gasteiger partial charge in [-0.05, 0) is 36.8 Å². The molecule has 2 rings (SSSR count). The molecule has 0 saturated carbocycles. The first-order valence-corrected chi connectivity index (χ1v) is 7.86. The maximum Gasteiger partial charge on any atom is 0.321 e. The van der Waals surface area contributed by atoms with Crippen LogP contribution in [0.5, 0.6) is 5.75 Å². The molecule has 2 aromatic carbocycles. The zero-order valence-electron chi connectivity index (χ0n) is 13.6. The van der Waals surface area contributed by atoms with Crippen LogP contribution in [0.2, 0.25) is 0 Å². The van der Waals surface area contributed by atoms with Crippen LogP contribution in [0, 0.1) is 0 Å². The first-order valence-electron chi connectivity index (χ1n) is 7.86. The largest absolute Gasteiger partial charge is 0.494 e. The van der Waals surface area contributed by atoms with Crippen molar-refractivity contribution in [2.45, 2.75) is 25.9 Å². The summed E-state index contributed by atoms with van der Waals surface area (Å²) < 4.78 is 5.33. The van der Waals surface area contributed by atoms with E-state index in [1.54, 1.807) is 24.3 Å². The molecule has 0 heterocycles. The summed E-state index contributed by atoms with van der Waals surface area (Å²) in [6, 6.07) is 15.3. The lowest BCUT2D eigenvalue weighted by Gasteiger charge is -2.14. The zero-order chi connectivity index (χ0) is 17.4. The number of nitrogens with one attached hydrogen (secondary N) is 1. The lowest BCUT2D eigenvalue weighted by Crippen LogP contribution is -2.38. The average Bonchev–Trinajstić information content (AvgIpc) is 2.60. The molecule has 0 aromatic heterocycles. The molecule has 24 heavy (non-hydrogen) atoms. The summed E-state index contributed by atoms with van der Waals surface area (Å²) in [5.74, 6) is -0.567. The minimum atomic E-state index is -1.04. The van der Waals surface area contributed by atoms with Crippen LogP contribution in [-0.2, 0) is 11.3 Å². The summed E-state index contributed by atoms with van der Waals surface area (Å²) in [5.41, 5.74) is 1.45. The van der Waals surface area contributed by atoms with Crippen LogP contribution in [0.1, 0.15) is 29.3 Å². The number of hydrogen-bond acceptors (Lipinski definition) is 4. The van der Waals surface area contributed by atoms with Crippen molar-refractivity contribution in [3.05, 3.63) is 65.7 Å². The highest BCUT2D eigenvalue weighted by Gasteiger charge is 2.21. The predicted molar refractivity (Wildman–Crippen MR) is 91.3 cm³/mol. The van der Waals surface area contributed by atoms with E-state index in [2.05, 4.69) is 5.32 Å². The molecular weight excluding hydrogens is 306 g/mol. The molecular formula is C19H21NO4. The number of carbonyl (C=O) groups is 2. The number of rotatable bonds is 9. The Labute approximate surface area is 141 Å². The number of aliphatic carboxylic acids is 1. The van der Waals surface area contributed by atoms with E-state index >= 15 is 0 Å². The van der Waals surface area contributed by atoms with Gasteiger partial charge in [0, 0.05) is 18.5 Å². The summed E-state index contributed by atoms with van der Waals surface area (Å²) in [4.78, 5) is 23.7. The third-order valence-corrected chi connectivity index (χ3v) is 3.57. The van der Waals surface area contributed by atoms with Gasteiger partial charge in [0.25, 0.3) is 0 Å². The van der Waals surface area contributed by atoms with Gasteiger partial charge in [0.1, 0.15) is 11.8 Å². The van der Waals surface area contributed by atoms with Gasteiger partial charge in [-0.1, -0.05) is 30.3 Å². The highest BCUT2D eigenvalue weighted by molar-refractivity contribution is 5.98. The molecule has 126 valence electrons. The van der Waals surface area contributed by atoms with Gasteiger partial charge in [-0.2, -0.15) is 0 Å². The van der Waals surface area contributed by atoms with Crippen molar-refractivity contribution in [3.63, 3.8) is 0 Å². The molecule has 0 amide bonds. The minimum absolute atomic E-state index is 0.101. The fourth-order valence-corrected chi connectivity index (χ4v) is 2.29. The molecule has 2 N–H and O–H groups in total. The predicted octanol–water partition coefficient (Wildman–Crippen LogP) is 2.90. The molecule has 0 aliphatic heterocycles. The van der Waals surface area contributed by atoms with E-state index in [0.717, 1.165) is 5.56 Å².